The average molecular weight is 343 g/mol. The lowest BCUT2D eigenvalue weighted by Crippen LogP contribution is -2.50. The number of carbonyl (C=O) groups excluding carboxylic acids is 2. The minimum Gasteiger partial charge on any atom is -0.335 e. The number of hydrogen-bond donors (Lipinski definition) is 2. The van der Waals surface area contributed by atoms with Crippen LogP contribution in [0.2, 0.25) is 0 Å². The van der Waals surface area contributed by atoms with Gasteiger partial charge in [0.1, 0.15) is 6.04 Å². The number of amides is 3. The van der Waals surface area contributed by atoms with Gasteiger partial charge >= 0.3 is 6.03 Å². The molecule has 3 rings (SSSR count). The molecule has 2 N–H and O–H groups in total. The van der Waals surface area contributed by atoms with E-state index in [4.69, 9.17) is 0 Å². The third kappa shape index (κ3) is 4.33. The summed E-state index contributed by atoms with van der Waals surface area (Å²) in [5, 5.41) is 6.14. The minimum absolute atomic E-state index is 0.0785. The molecule has 0 unspecified atom stereocenters. The van der Waals surface area contributed by atoms with Gasteiger partial charge in [-0.2, -0.15) is 0 Å². The summed E-state index contributed by atoms with van der Waals surface area (Å²) < 4.78 is 0. The summed E-state index contributed by atoms with van der Waals surface area (Å²) in [4.78, 5) is 27.1. The summed E-state index contributed by atoms with van der Waals surface area (Å²) in [5.74, 6) is -0.0803. The van der Waals surface area contributed by atoms with Crippen LogP contribution in [0.25, 0.3) is 0 Å². The molecule has 3 amide bonds. The molecule has 1 aromatic rings. The second-order valence-electron chi connectivity index (χ2n) is 7.44. The fourth-order valence-corrected chi connectivity index (χ4v) is 3.96. The molecule has 2 aliphatic rings. The van der Waals surface area contributed by atoms with Crippen molar-refractivity contribution < 1.29 is 9.59 Å². The first-order valence-corrected chi connectivity index (χ1v) is 9.50. The number of urea groups is 1. The van der Waals surface area contributed by atoms with Crippen LogP contribution in [0.5, 0.6) is 0 Å². The van der Waals surface area contributed by atoms with Crippen molar-refractivity contribution in [1.29, 1.82) is 0 Å². The zero-order valence-corrected chi connectivity index (χ0v) is 15.3. The third-order valence-electron chi connectivity index (χ3n) is 5.39. The van der Waals surface area contributed by atoms with Gasteiger partial charge in [0, 0.05) is 18.3 Å². The van der Waals surface area contributed by atoms with Crippen LogP contribution >= 0.6 is 0 Å². The first-order chi connectivity index (χ1) is 12.0. The molecule has 5 nitrogen and oxygen atoms in total. The van der Waals surface area contributed by atoms with Crippen LogP contribution in [0.1, 0.15) is 56.1 Å². The molecule has 5 heteroatoms. The van der Waals surface area contributed by atoms with Crippen LogP contribution in [0, 0.1) is 13.8 Å². The van der Waals surface area contributed by atoms with E-state index in [0.29, 0.717) is 6.54 Å². The highest BCUT2D eigenvalue weighted by molar-refractivity contribution is 5.97. The number of benzene rings is 1. The quantitative estimate of drug-likeness (QED) is 0.878. The molecular weight excluding hydrogens is 314 g/mol. The Balaban J connectivity index is 1.61. The summed E-state index contributed by atoms with van der Waals surface area (Å²) in [6.07, 6.45) is 7.34. The maximum atomic E-state index is 12.7. The minimum atomic E-state index is -0.371. The molecule has 1 aliphatic carbocycles. The van der Waals surface area contributed by atoms with Crippen LogP contribution in [0.15, 0.2) is 18.2 Å². The Morgan fingerprint density at radius 3 is 2.52 bits per heavy atom. The fraction of sp³-hybridized carbons (Fsp3) is 0.600. The van der Waals surface area contributed by atoms with Gasteiger partial charge in [0.25, 0.3) is 0 Å². The van der Waals surface area contributed by atoms with Gasteiger partial charge in [0.2, 0.25) is 5.91 Å². The van der Waals surface area contributed by atoms with Crippen molar-refractivity contribution in [3.8, 4) is 0 Å². The number of nitrogens with zero attached hydrogens (tertiary/aromatic N) is 1. The number of carbonyl (C=O) groups is 2. The molecule has 1 atom stereocenters. The van der Waals surface area contributed by atoms with Crippen molar-refractivity contribution in [2.75, 3.05) is 11.9 Å². The van der Waals surface area contributed by atoms with Gasteiger partial charge in [-0.25, -0.2) is 4.79 Å². The highest BCUT2D eigenvalue weighted by Crippen LogP contribution is 2.23. The Labute approximate surface area is 150 Å². The lowest BCUT2D eigenvalue weighted by molar-refractivity contribution is -0.119. The van der Waals surface area contributed by atoms with Crippen LogP contribution < -0.4 is 10.6 Å². The topological polar surface area (TPSA) is 61.4 Å². The molecule has 0 aromatic heterocycles. The predicted octanol–water partition coefficient (Wildman–Crippen LogP) is 3.75. The van der Waals surface area contributed by atoms with Crippen molar-refractivity contribution in [2.24, 2.45) is 0 Å². The maximum absolute atomic E-state index is 12.7. The maximum Gasteiger partial charge on any atom is 0.318 e. The van der Waals surface area contributed by atoms with Crippen molar-refractivity contribution in [2.45, 2.75) is 70.9 Å². The summed E-state index contributed by atoms with van der Waals surface area (Å²) in [6.45, 7) is 4.68. The molecule has 1 saturated heterocycles. The number of anilines is 1. The second-order valence-corrected chi connectivity index (χ2v) is 7.44. The average Bonchev–Trinajstić information content (AvgIpc) is 3.08. The molecule has 136 valence electrons. The van der Waals surface area contributed by atoms with Crippen molar-refractivity contribution >= 4 is 17.6 Å². The SMILES string of the molecule is Cc1ccc(NC(=O)[C@H]2CCCN2C(=O)NC2CCCCC2)c(C)c1. The molecule has 0 bridgehead atoms. The Bertz CT molecular complexity index is 638. The molecule has 1 aliphatic heterocycles. The highest BCUT2D eigenvalue weighted by Gasteiger charge is 2.35. The van der Waals surface area contributed by atoms with E-state index in [-0.39, 0.29) is 24.0 Å². The summed E-state index contributed by atoms with van der Waals surface area (Å²) in [5.41, 5.74) is 3.05. The monoisotopic (exact) mass is 343 g/mol. The van der Waals surface area contributed by atoms with E-state index in [1.807, 2.05) is 26.0 Å². The largest absolute Gasteiger partial charge is 0.335 e. The summed E-state index contributed by atoms with van der Waals surface area (Å²) in [6, 6.07) is 5.80. The molecule has 0 spiro atoms. The molecule has 0 radical (unpaired) electrons. The lowest BCUT2D eigenvalue weighted by Gasteiger charge is -2.29. The van der Waals surface area contributed by atoms with Crippen LogP contribution in [0.3, 0.4) is 0 Å². The third-order valence-corrected chi connectivity index (χ3v) is 5.39. The zero-order valence-electron chi connectivity index (χ0n) is 15.3. The van der Waals surface area contributed by atoms with E-state index >= 15 is 0 Å². The van der Waals surface area contributed by atoms with E-state index < -0.39 is 0 Å². The fourth-order valence-electron chi connectivity index (χ4n) is 3.96. The molecule has 1 aromatic carbocycles. The first-order valence-electron chi connectivity index (χ1n) is 9.50. The second kappa shape index (κ2) is 7.89. The van der Waals surface area contributed by atoms with Crippen LogP contribution in [-0.2, 0) is 4.79 Å². The smallest absolute Gasteiger partial charge is 0.318 e. The van der Waals surface area contributed by atoms with Crippen LogP contribution in [0.4, 0.5) is 10.5 Å². The number of likely N-dealkylation sites (tertiary alicyclic amines) is 1. The van der Waals surface area contributed by atoms with Gasteiger partial charge in [-0.3, -0.25) is 4.79 Å². The normalized spacial score (nSPS) is 21.2. The predicted molar refractivity (Wildman–Crippen MR) is 99.7 cm³/mol. The lowest BCUT2D eigenvalue weighted by atomic mass is 9.96. The molecule has 1 saturated carbocycles. The van der Waals surface area contributed by atoms with Gasteiger partial charge < -0.3 is 15.5 Å². The van der Waals surface area contributed by atoms with Gasteiger partial charge in [0.15, 0.2) is 0 Å². The molecule has 2 fully saturated rings. The Morgan fingerprint density at radius 2 is 1.80 bits per heavy atom. The van der Waals surface area contributed by atoms with Gasteiger partial charge in [-0.05, 0) is 51.2 Å². The highest BCUT2D eigenvalue weighted by atomic mass is 16.2. The van der Waals surface area contributed by atoms with E-state index in [1.165, 1.54) is 24.8 Å². The standard InChI is InChI=1S/C20H29N3O2/c1-14-10-11-17(15(2)13-14)22-19(24)18-9-6-12-23(18)20(25)21-16-7-4-3-5-8-16/h10-11,13,16,18H,3-9,12H2,1-2H3,(H,21,25)(H,22,24)/t18-/m1/s1. The Morgan fingerprint density at radius 1 is 1.04 bits per heavy atom. The summed E-state index contributed by atoms with van der Waals surface area (Å²) in [7, 11) is 0. The van der Waals surface area contributed by atoms with Crippen molar-refractivity contribution in [1.82, 2.24) is 10.2 Å². The Hall–Kier alpha value is -2.04. The van der Waals surface area contributed by atoms with Crippen molar-refractivity contribution in [3.63, 3.8) is 0 Å². The van der Waals surface area contributed by atoms with Gasteiger partial charge in [-0.1, -0.05) is 37.0 Å². The number of rotatable bonds is 3. The molecular formula is C20H29N3O2. The van der Waals surface area contributed by atoms with Gasteiger partial charge in [-0.15, -0.1) is 0 Å². The van der Waals surface area contributed by atoms with E-state index in [2.05, 4.69) is 16.7 Å². The zero-order chi connectivity index (χ0) is 17.8. The first kappa shape index (κ1) is 17.8. The molecule has 1 heterocycles. The van der Waals surface area contributed by atoms with E-state index in [9.17, 15) is 9.59 Å². The van der Waals surface area contributed by atoms with Gasteiger partial charge in [0.05, 0.1) is 0 Å². The summed E-state index contributed by atoms with van der Waals surface area (Å²) >= 11 is 0. The molecule has 25 heavy (non-hydrogen) atoms. The van der Waals surface area contributed by atoms with Crippen LogP contribution in [-0.4, -0.2) is 35.5 Å². The van der Waals surface area contributed by atoms with Crippen molar-refractivity contribution in [3.05, 3.63) is 29.3 Å². The Kier molecular flexibility index (Phi) is 5.61. The number of hydrogen-bond acceptors (Lipinski definition) is 2. The van der Waals surface area contributed by atoms with E-state index in [1.54, 1.807) is 4.90 Å². The number of nitrogens with one attached hydrogen (secondary N) is 2. The number of aryl methyl sites for hydroxylation is 2. The van der Waals surface area contributed by atoms with E-state index in [0.717, 1.165) is 36.9 Å².